The number of aromatic nitrogens is 5. The van der Waals surface area contributed by atoms with E-state index in [0.717, 1.165) is 5.82 Å². The van der Waals surface area contributed by atoms with Crippen molar-refractivity contribution in [1.29, 1.82) is 0 Å². The zero-order valence-corrected chi connectivity index (χ0v) is 7.60. The average Bonchev–Trinajstić information content (AvgIpc) is 2.75. The zero-order chi connectivity index (χ0) is 9.26. The molecule has 1 N–H and O–H groups in total. The molecular weight excluding hydrogens is 166 g/mol. The number of imidazole rings is 1. The maximum absolute atomic E-state index is 4.31. The lowest BCUT2D eigenvalue weighted by Crippen LogP contribution is -1.93. The van der Waals surface area contributed by atoms with Crippen molar-refractivity contribution in [3.8, 4) is 5.95 Å². The lowest BCUT2D eigenvalue weighted by Gasteiger charge is -1.95. The van der Waals surface area contributed by atoms with Gasteiger partial charge in [0.25, 0.3) is 5.95 Å². The summed E-state index contributed by atoms with van der Waals surface area (Å²) in [6.07, 6.45) is 5.19. The van der Waals surface area contributed by atoms with E-state index >= 15 is 0 Å². The Morgan fingerprint density at radius 2 is 2.31 bits per heavy atom. The highest BCUT2D eigenvalue weighted by molar-refractivity contribution is 5.10. The van der Waals surface area contributed by atoms with Crippen LogP contribution in [-0.4, -0.2) is 24.7 Å². The molecule has 0 radical (unpaired) electrons. The Morgan fingerprint density at radius 3 is 2.85 bits per heavy atom. The first-order valence-electron chi connectivity index (χ1n) is 4.18. The van der Waals surface area contributed by atoms with E-state index in [0.29, 0.717) is 11.9 Å². The fourth-order valence-electron chi connectivity index (χ4n) is 1.02. The van der Waals surface area contributed by atoms with Crippen molar-refractivity contribution in [2.24, 2.45) is 0 Å². The normalized spacial score (nSPS) is 11.0. The van der Waals surface area contributed by atoms with Crippen LogP contribution >= 0.6 is 0 Å². The van der Waals surface area contributed by atoms with Crippen LogP contribution in [0.1, 0.15) is 25.6 Å². The first-order valence-corrected chi connectivity index (χ1v) is 4.18. The Kier molecular flexibility index (Phi) is 1.84. The highest BCUT2D eigenvalue weighted by atomic mass is 15.3. The summed E-state index contributed by atoms with van der Waals surface area (Å²) in [6, 6.07) is 0. The Balaban J connectivity index is 2.33. The summed E-state index contributed by atoms with van der Waals surface area (Å²) in [4.78, 5) is 8.23. The van der Waals surface area contributed by atoms with Crippen molar-refractivity contribution in [3.05, 3.63) is 24.5 Å². The van der Waals surface area contributed by atoms with Crippen LogP contribution in [0, 0.1) is 0 Å². The van der Waals surface area contributed by atoms with Crippen molar-refractivity contribution in [2.75, 3.05) is 0 Å². The maximum atomic E-state index is 4.31. The summed E-state index contributed by atoms with van der Waals surface area (Å²) in [5.74, 6) is 1.90. The lowest BCUT2D eigenvalue weighted by atomic mass is 10.2. The lowest BCUT2D eigenvalue weighted by molar-refractivity contribution is 0.780. The second-order valence-electron chi connectivity index (χ2n) is 3.15. The van der Waals surface area contributed by atoms with Gasteiger partial charge in [-0.3, -0.25) is 9.67 Å². The van der Waals surface area contributed by atoms with Crippen molar-refractivity contribution in [2.45, 2.75) is 19.8 Å². The molecule has 2 rings (SSSR count). The molecule has 0 saturated heterocycles. The van der Waals surface area contributed by atoms with Gasteiger partial charge >= 0.3 is 0 Å². The molecule has 0 aliphatic rings. The van der Waals surface area contributed by atoms with Crippen molar-refractivity contribution >= 4 is 0 Å². The molecule has 0 amide bonds. The van der Waals surface area contributed by atoms with E-state index in [1.54, 1.807) is 17.1 Å². The highest BCUT2D eigenvalue weighted by Gasteiger charge is 2.06. The maximum Gasteiger partial charge on any atom is 0.254 e. The van der Waals surface area contributed by atoms with E-state index < -0.39 is 0 Å². The molecule has 2 heterocycles. The molecule has 13 heavy (non-hydrogen) atoms. The molecule has 0 spiro atoms. The molecule has 0 fully saturated rings. The van der Waals surface area contributed by atoms with Gasteiger partial charge in [0.05, 0.1) is 0 Å². The van der Waals surface area contributed by atoms with Gasteiger partial charge in [0.15, 0.2) is 0 Å². The number of hydrogen-bond donors (Lipinski definition) is 1. The van der Waals surface area contributed by atoms with E-state index in [2.05, 4.69) is 34.0 Å². The van der Waals surface area contributed by atoms with Gasteiger partial charge < -0.3 is 0 Å². The van der Waals surface area contributed by atoms with E-state index in [1.165, 1.54) is 0 Å². The van der Waals surface area contributed by atoms with Gasteiger partial charge in [-0.2, -0.15) is 4.98 Å². The van der Waals surface area contributed by atoms with Gasteiger partial charge in [-0.1, -0.05) is 13.8 Å². The topological polar surface area (TPSA) is 59.4 Å². The van der Waals surface area contributed by atoms with Crippen molar-refractivity contribution in [1.82, 2.24) is 24.7 Å². The minimum absolute atomic E-state index is 0.366. The molecule has 0 aromatic carbocycles. The standard InChI is InChI=1S/C8H11N5/c1-6(2)7-10-8(12-11-7)13-4-3-9-5-13/h3-6H,1-2H3,(H,10,11,12). The van der Waals surface area contributed by atoms with E-state index in [4.69, 9.17) is 0 Å². The molecule has 2 aromatic rings. The predicted molar refractivity (Wildman–Crippen MR) is 47.6 cm³/mol. The minimum Gasteiger partial charge on any atom is -0.273 e. The number of hydrogen-bond acceptors (Lipinski definition) is 3. The monoisotopic (exact) mass is 177 g/mol. The zero-order valence-electron chi connectivity index (χ0n) is 7.60. The Hall–Kier alpha value is -1.65. The van der Waals surface area contributed by atoms with Crippen LogP contribution in [0.2, 0.25) is 0 Å². The summed E-state index contributed by atoms with van der Waals surface area (Å²) in [5.41, 5.74) is 0. The molecule has 0 bridgehead atoms. The SMILES string of the molecule is CC(C)c1nc(-n2ccnc2)n[nH]1. The van der Waals surface area contributed by atoms with Crippen LogP contribution in [0.5, 0.6) is 0 Å². The summed E-state index contributed by atoms with van der Waals surface area (Å²) in [6.45, 7) is 4.14. The molecular formula is C8H11N5. The van der Waals surface area contributed by atoms with Crippen molar-refractivity contribution in [3.63, 3.8) is 0 Å². The number of aromatic amines is 1. The van der Waals surface area contributed by atoms with E-state index in [9.17, 15) is 0 Å². The fraction of sp³-hybridized carbons (Fsp3) is 0.375. The third-order valence-corrected chi connectivity index (χ3v) is 1.77. The molecule has 0 saturated carbocycles. The van der Waals surface area contributed by atoms with Crippen LogP contribution in [0.4, 0.5) is 0 Å². The third kappa shape index (κ3) is 1.44. The van der Waals surface area contributed by atoms with Crippen molar-refractivity contribution < 1.29 is 0 Å². The quantitative estimate of drug-likeness (QED) is 0.747. The van der Waals surface area contributed by atoms with Crippen LogP contribution in [0.3, 0.4) is 0 Å². The van der Waals surface area contributed by atoms with Gasteiger partial charge in [0, 0.05) is 18.3 Å². The molecule has 5 heteroatoms. The second-order valence-corrected chi connectivity index (χ2v) is 3.15. The summed E-state index contributed by atoms with van der Waals surface area (Å²) < 4.78 is 1.77. The first kappa shape index (κ1) is 7.97. The van der Waals surface area contributed by atoms with Gasteiger partial charge in [0.2, 0.25) is 0 Å². The van der Waals surface area contributed by atoms with E-state index in [1.807, 2.05) is 6.20 Å². The fourth-order valence-corrected chi connectivity index (χ4v) is 1.02. The molecule has 0 atom stereocenters. The summed E-state index contributed by atoms with van der Waals surface area (Å²) >= 11 is 0. The van der Waals surface area contributed by atoms with Gasteiger partial charge in [0.1, 0.15) is 12.2 Å². The van der Waals surface area contributed by atoms with Crippen LogP contribution in [0.25, 0.3) is 5.95 Å². The number of H-pyrrole nitrogens is 1. The number of rotatable bonds is 2. The van der Waals surface area contributed by atoms with Crippen LogP contribution in [-0.2, 0) is 0 Å². The molecule has 5 nitrogen and oxygen atoms in total. The van der Waals surface area contributed by atoms with Gasteiger partial charge in [-0.05, 0) is 0 Å². The average molecular weight is 177 g/mol. The summed E-state index contributed by atoms with van der Waals surface area (Å²) in [7, 11) is 0. The Morgan fingerprint density at radius 1 is 1.46 bits per heavy atom. The molecule has 68 valence electrons. The highest BCUT2D eigenvalue weighted by Crippen LogP contribution is 2.09. The smallest absolute Gasteiger partial charge is 0.254 e. The summed E-state index contributed by atoms with van der Waals surface area (Å²) in [5, 5.41) is 6.95. The van der Waals surface area contributed by atoms with Gasteiger partial charge in [-0.25, -0.2) is 4.98 Å². The van der Waals surface area contributed by atoms with E-state index in [-0.39, 0.29) is 0 Å². The first-order chi connectivity index (χ1) is 6.27. The Labute approximate surface area is 75.8 Å². The molecule has 0 unspecified atom stereocenters. The van der Waals surface area contributed by atoms with Crippen LogP contribution < -0.4 is 0 Å². The third-order valence-electron chi connectivity index (χ3n) is 1.77. The molecule has 0 aliphatic carbocycles. The molecule has 0 aliphatic heterocycles. The number of nitrogens with one attached hydrogen (secondary N) is 1. The second kappa shape index (κ2) is 3.01. The largest absolute Gasteiger partial charge is 0.273 e. The van der Waals surface area contributed by atoms with Crippen LogP contribution in [0.15, 0.2) is 18.7 Å². The predicted octanol–water partition coefficient (Wildman–Crippen LogP) is 1.11. The molecule has 2 aromatic heterocycles. The minimum atomic E-state index is 0.366. The number of nitrogens with zero attached hydrogens (tertiary/aromatic N) is 4. The Bertz CT molecular complexity index is 373. The van der Waals surface area contributed by atoms with Gasteiger partial charge in [-0.15, -0.1) is 5.10 Å².